The molecule has 0 aliphatic rings. The molecule has 0 amide bonds. The predicted octanol–water partition coefficient (Wildman–Crippen LogP) is 3.04. The third-order valence-corrected chi connectivity index (χ3v) is 2.68. The Morgan fingerprint density at radius 3 is 2.24 bits per heavy atom. The normalized spacial score (nSPS) is 12.7. The van der Waals surface area contributed by atoms with Crippen molar-refractivity contribution in [1.29, 1.82) is 0 Å². The van der Waals surface area contributed by atoms with Gasteiger partial charge in [-0.1, -0.05) is 19.8 Å². The third kappa shape index (κ3) is 10.6. The van der Waals surface area contributed by atoms with Crippen LogP contribution in [0.2, 0.25) is 0 Å². The van der Waals surface area contributed by atoms with Crippen molar-refractivity contribution in [3.8, 4) is 0 Å². The van der Waals surface area contributed by atoms with Gasteiger partial charge in [0.25, 0.3) is 0 Å². The fourth-order valence-corrected chi connectivity index (χ4v) is 1.65. The molecule has 0 aliphatic heterocycles. The number of rotatable bonds is 9. The first-order chi connectivity index (χ1) is 7.87. The number of halogens is 3. The van der Waals surface area contributed by atoms with Crippen LogP contribution in [0.4, 0.5) is 13.2 Å². The molecule has 0 radical (unpaired) electrons. The number of nitrogens with zero attached hydrogens (tertiary/aromatic N) is 1. The SMILES string of the molecule is CCCCCN(CCNCC(F)(F)F)C(C)C. The summed E-state index contributed by atoms with van der Waals surface area (Å²) in [5, 5.41) is 2.43. The summed E-state index contributed by atoms with van der Waals surface area (Å²) in [6.45, 7) is 7.45. The van der Waals surface area contributed by atoms with E-state index in [9.17, 15) is 13.2 Å². The molecule has 5 heteroatoms. The summed E-state index contributed by atoms with van der Waals surface area (Å²) in [6, 6.07) is 0.388. The lowest BCUT2D eigenvalue weighted by molar-refractivity contribution is -0.124. The van der Waals surface area contributed by atoms with E-state index in [4.69, 9.17) is 0 Å². The highest BCUT2D eigenvalue weighted by Gasteiger charge is 2.26. The maximum atomic E-state index is 11.9. The van der Waals surface area contributed by atoms with Gasteiger partial charge in [0, 0.05) is 19.1 Å². The Labute approximate surface area is 103 Å². The number of alkyl halides is 3. The summed E-state index contributed by atoms with van der Waals surface area (Å²) < 4.78 is 35.7. The van der Waals surface area contributed by atoms with Crippen molar-refractivity contribution in [1.82, 2.24) is 10.2 Å². The van der Waals surface area contributed by atoms with Crippen molar-refractivity contribution in [2.75, 3.05) is 26.2 Å². The van der Waals surface area contributed by atoms with Gasteiger partial charge in [0.15, 0.2) is 0 Å². The molecule has 0 saturated carbocycles. The van der Waals surface area contributed by atoms with Crippen LogP contribution in [0.15, 0.2) is 0 Å². The van der Waals surface area contributed by atoms with E-state index >= 15 is 0 Å². The number of hydrogen-bond donors (Lipinski definition) is 1. The summed E-state index contributed by atoms with van der Waals surface area (Å²) in [5.74, 6) is 0. The van der Waals surface area contributed by atoms with Crippen LogP contribution in [0.5, 0.6) is 0 Å². The first-order valence-electron chi connectivity index (χ1n) is 6.38. The van der Waals surface area contributed by atoms with Crippen LogP contribution >= 0.6 is 0 Å². The largest absolute Gasteiger partial charge is 0.401 e. The second-order valence-corrected chi connectivity index (χ2v) is 4.63. The molecule has 0 bridgehead atoms. The van der Waals surface area contributed by atoms with Crippen molar-refractivity contribution in [2.24, 2.45) is 0 Å². The van der Waals surface area contributed by atoms with E-state index in [0.717, 1.165) is 19.4 Å². The highest BCUT2D eigenvalue weighted by molar-refractivity contribution is 4.65. The molecule has 0 spiro atoms. The Morgan fingerprint density at radius 1 is 1.12 bits per heavy atom. The molecule has 0 saturated heterocycles. The van der Waals surface area contributed by atoms with Crippen LogP contribution in [0, 0.1) is 0 Å². The fourth-order valence-electron chi connectivity index (χ4n) is 1.65. The van der Waals surface area contributed by atoms with Crippen molar-refractivity contribution in [3.05, 3.63) is 0 Å². The highest BCUT2D eigenvalue weighted by atomic mass is 19.4. The molecule has 0 aromatic carbocycles. The first-order valence-corrected chi connectivity index (χ1v) is 6.38. The van der Waals surface area contributed by atoms with Crippen molar-refractivity contribution >= 4 is 0 Å². The summed E-state index contributed by atoms with van der Waals surface area (Å²) in [7, 11) is 0. The molecule has 2 nitrogen and oxygen atoms in total. The molecule has 1 N–H and O–H groups in total. The van der Waals surface area contributed by atoms with E-state index in [0.29, 0.717) is 19.1 Å². The van der Waals surface area contributed by atoms with Crippen LogP contribution in [0.3, 0.4) is 0 Å². The van der Waals surface area contributed by atoms with E-state index in [1.165, 1.54) is 6.42 Å². The standard InChI is InChI=1S/C12H25F3N2/c1-4-5-6-8-17(11(2)3)9-7-16-10-12(13,14)15/h11,16H,4-10H2,1-3H3. The quantitative estimate of drug-likeness (QED) is 0.636. The van der Waals surface area contributed by atoms with Gasteiger partial charge in [-0.25, -0.2) is 0 Å². The molecule has 0 rings (SSSR count). The number of hydrogen-bond acceptors (Lipinski definition) is 2. The zero-order valence-corrected chi connectivity index (χ0v) is 11.1. The fraction of sp³-hybridized carbons (Fsp3) is 1.00. The Hall–Kier alpha value is -0.290. The number of nitrogens with one attached hydrogen (secondary N) is 1. The number of unbranched alkanes of at least 4 members (excludes halogenated alkanes) is 2. The lowest BCUT2D eigenvalue weighted by Crippen LogP contribution is -2.39. The molecule has 17 heavy (non-hydrogen) atoms. The average Bonchev–Trinajstić information content (AvgIpc) is 2.19. The second kappa shape index (κ2) is 8.75. The molecule has 0 aromatic rings. The van der Waals surface area contributed by atoms with Crippen LogP contribution in [0.1, 0.15) is 40.0 Å². The highest BCUT2D eigenvalue weighted by Crippen LogP contribution is 2.12. The molecule has 104 valence electrons. The van der Waals surface area contributed by atoms with E-state index in [1.54, 1.807) is 0 Å². The van der Waals surface area contributed by atoms with Gasteiger partial charge in [0.05, 0.1) is 6.54 Å². The lowest BCUT2D eigenvalue weighted by atomic mass is 10.2. The Kier molecular flexibility index (Phi) is 8.60. The van der Waals surface area contributed by atoms with Gasteiger partial charge >= 0.3 is 6.18 Å². The minimum Gasteiger partial charge on any atom is -0.307 e. The zero-order valence-electron chi connectivity index (χ0n) is 11.1. The predicted molar refractivity (Wildman–Crippen MR) is 65.2 cm³/mol. The molecule has 0 heterocycles. The Morgan fingerprint density at radius 2 is 1.76 bits per heavy atom. The van der Waals surface area contributed by atoms with Crippen LogP contribution in [-0.4, -0.2) is 43.3 Å². The molecule has 0 aliphatic carbocycles. The first kappa shape index (κ1) is 16.7. The Balaban J connectivity index is 3.70. The van der Waals surface area contributed by atoms with E-state index in [2.05, 4.69) is 31.0 Å². The van der Waals surface area contributed by atoms with Gasteiger partial charge in [-0.2, -0.15) is 13.2 Å². The molecular formula is C12H25F3N2. The monoisotopic (exact) mass is 254 g/mol. The van der Waals surface area contributed by atoms with Gasteiger partial charge < -0.3 is 5.32 Å². The van der Waals surface area contributed by atoms with Gasteiger partial charge in [-0.3, -0.25) is 4.90 Å². The minimum atomic E-state index is -4.11. The van der Waals surface area contributed by atoms with Crippen LogP contribution in [0.25, 0.3) is 0 Å². The summed E-state index contributed by atoms with van der Waals surface area (Å²) in [5.41, 5.74) is 0. The van der Waals surface area contributed by atoms with E-state index < -0.39 is 12.7 Å². The van der Waals surface area contributed by atoms with Crippen molar-refractivity contribution in [2.45, 2.75) is 52.3 Å². The summed E-state index contributed by atoms with van der Waals surface area (Å²) in [4.78, 5) is 2.22. The topological polar surface area (TPSA) is 15.3 Å². The van der Waals surface area contributed by atoms with Crippen molar-refractivity contribution in [3.63, 3.8) is 0 Å². The summed E-state index contributed by atoms with van der Waals surface area (Å²) in [6.07, 6.45) is -0.643. The average molecular weight is 254 g/mol. The zero-order chi connectivity index (χ0) is 13.3. The lowest BCUT2D eigenvalue weighted by Gasteiger charge is -2.26. The van der Waals surface area contributed by atoms with Gasteiger partial charge in [0.2, 0.25) is 0 Å². The maximum Gasteiger partial charge on any atom is 0.401 e. The molecule has 0 unspecified atom stereocenters. The smallest absolute Gasteiger partial charge is 0.307 e. The van der Waals surface area contributed by atoms with Gasteiger partial charge in [0.1, 0.15) is 0 Å². The summed E-state index contributed by atoms with van der Waals surface area (Å²) >= 11 is 0. The molecule has 0 aromatic heterocycles. The molecular weight excluding hydrogens is 229 g/mol. The van der Waals surface area contributed by atoms with E-state index in [-0.39, 0.29) is 0 Å². The van der Waals surface area contributed by atoms with Crippen molar-refractivity contribution < 1.29 is 13.2 Å². The van der Waals surface area contributed by atoms with Crippen LogP contribution in [-0.2, 0) is 0 Å². The molecule has 0 fully saturated rings. The third-order valence-electron chi connectivity index (χ3n) is 2.68. The maximum absolute atomic E-state index is 11.9. The second-order valence-electron chi connectivity index (χ2n) is 4.63. The Bertz CT molecular complexity index is 181. The van der Waals surface area contributed by atoms with Crippen LogP contribution < -0.4 is 5.32 Å². The van der Waals surface area contributed by atoms with Gasteiger partial charge in [-0.15, -0.1) is 0 Å². The van der Waals surface area contributed by atoms with E-state index in [1.807, 2.05) is 0 Å². The van der Waals surface area contributed by atoms with Gasteiger partial charge in [-0.05, 0) is 26.8 Å². The molecule has 0 atom stereocenters. The minimum absolute atomic E-state index is 0.388.